The fourth-order valence-electron chi connectivity index (χ4n) is 2.09. The Morgan fingerprint density at radius 1 is 1.22 bits per heavy atom. The number of hydrogen-bond acceptors (Lipinski definition) is 5. The number of benzene rings is 1. The number of anilines is 1. The maximum atomic E-state index is 5.54. The van der Waals surface area contributed by atoms with E-state index in [0.717, 1.165) is 22.7 Å². The van der Waals surface area contributed by atoms with Gasteiger partial charge in [-0.05, 0) is 24.3 Å². The van der Waals surface area contributed by atoms with Gasteiger partial charge in [0.05, 0.1) is 12.8 Å². The Balaban J connectivity index is 1.83. The lowest BCUT2D eigenvalue weighted by Crippen LogP contribution is -2.12. The zero-order valence-corrected chi connectivity index (χ0v) is 13.1. The van der Waals surface area contributed by atoms with Crippen LogP contribution in [-0.4, -0.2) is 40.6 Å². The Morgan fingerprint density at radius 3 is 2.70 bits per heavy atom. The Kier molecular flexibility index (Phi) is 4.11. The molecule has 2 heterocycles. The van der Waals surface area contributed by atoms with Gasteiger partial charge in [0, 0.05) is 26.1 Å². The lowest BCUT2D eigenvalue weighted by molar-refractivity contribution is 0.327. The van der Waals surface area contributed by atoms with Gasteiger partial charge in [-0.15, -0.1) is 12.3 Å². The first kappa shape index (κ1) is 14.9. The quantitative estimate of drug-likeness (QED) is 0.579. The van der Waals surface area contributed by atoms with Gasteiger partial charge in [-0.25, -0.2) is 9.97 Å². The van der Waals surface area contributed by atoms with Crippen molar-refractivity contribution in [3.05, 3.63) is 30.5 Å². The first-order chi connectivity index (χ1) is 11.2. The molecule has 0 radical (unpaired) electrons. The molecule has 0 fully saturated rings. The van der Waals surface area contributed by atoms with Crippen LogP contribution in [-0.2, 0) is 0 Å². The molecule has 0 aliphatic carbocycles. The van der Waals surface area contributed by atoms with Crippen molar-refractivity contribution >= 4 is 17.1 Å². The second kappa shape index (κ2) is 6.36. The summed E-state index contributed by atoms with van der Waals surface area (Å²) in [5.41, 5.74) is 2.41. The topological polar surface area (TPSA) is 66.9 Å². The summed E-state index contributed by atoms with van der Waals surface area (Å²) >= 11 is 0. The molecule has 23 heavy (non-hydrogen) atoms. The van der Waals surface area contributed by atoms with E-state index in [1.165, 1.54) is 0 Å². The molecule has 116 valence electrons. The van der Waals surface area contributed by atoms with Gasteiger partial charge in [-0.3, -0.25) is 0 Å². The van der Waals surface area contributed by atoms with Crippen molar-refractivity contribution < 1.29 is 4.74 Å². The van der Waals surface area contributed by atoms with E-state index in [1.807, 2.05) is 43.3 Å². The molecule has 1 aromatic carbocycles. The van der Waals surface area contributed by atoms with E-state index >= 15 is 0 Å². The first-order valence-corrected chi connectivity index (χ1v) is 7.24. The smallest absolute Gasteiger partial charge is 0.226 e. The van der Waals surface area contributed by atoms with Crippen LogP contribution in [0.5, 0.6) is 5.75 Å². The summed E-state index contributed by atoms with van der Waals surface area (Å²) < 4.78 is 5.54. The summed E-state index contributed by atoms with van der Waals surface area (Å²) in [5.74, 6) is 4.72. The van der Waals surface area contributed by atoms with Crippen LogP contribution in [0, 0.1) is 12.3 Å². The number of ether oxygens (including phenoxy) is 1. The zero-order valence-electron chi connectivity index (χ0n) is 13.1. The van der Waals surface area contributed by atoms with E-state index < -0.39 is 0 Å². The van der Waals surface area contributed by atoms with Crippen LogP contribution >= 0.6 is 0 Å². The van der Waals surface area contributed by atoms with Gasteiger partial charge in [-0.1, -0.05) is 0 Å². The molecule has 0 atom stereocenters. The fourth-order valence-corrected chi connectivity index (χ4v) is 2.09. The number of hydrogen-bond donors (Lipinski definition) is 1. The average Bonchev–Trinajstić information content (AvgIpc) is 2.98. The van der Waals surface area contributed by atoms with Crippen molar-refractivity contribution in [1.82, 2.24) is 19.9 Å². The van der Waals surface area contributed by atoms with E-state index in [1.54, 1.807) is 6.20 Å². The molecule has 0 amide bonds. The summed E-state index contributed by atoms with van der Waals surface area (Å²) in [6, 6.07) is 7.69. The second-order valence-corrected chi connectivity index (χ2v) is 5.21. The van der Waals surface area contributed by atoms with Gasteiger partial charge < -0.3 is 14.6 Å². The van der Waals surface area contributed by atoms with Gasteiger partial charge in [0.1, 0.15) is 17.1 Å². The van der Waals surface area contributed by atoms with E-state index in [2.05, 4.69) is 25.9 Å². The molecule has 0 aliphatic rings. The lowest BCUT2D eigenvalue weighted by atomic mass is 10.2. The van der Waals surface area contributed by atoms with E-state index in [9.17, 15) is 0 Å². The van der Waals surface area contributed by atoms with E-state index in [4.69, 9.17) is 11.2 Å². The average molecular weight is 307 g/mol. The highest BCUT2D eigenvalue weighted by molar-refractivity contribution is 5.76. The number of nitrogens with one attached hydrogen (secondary N) is 1. The van der Waals surface area contributed by atoms with Crippen molar-refractivity contribution in [3.63, 3.8) is 0 Å². The molecule has 0 aliphatic heterocycles. The van der Waals surface area contributed by atoms with Crippen LogP contribution in [0.3, 0.4) is 0 Å². The molecule has 3 rings (SSSR count). The van der Waals surface area contributed by atoms with Crippen molar-refractivity contribution in [2.24, 2.45) is 0 Å². The summed E-state index contributed by atoms with van der Waals surface area (Å²) in [5, 5.41) is 0. The van der Waals surface area contributed by atoms with E-state index in [-0.39, 0.29) is 0 Å². The summed E-state index contributed by atoms with van der Waals surface area (Å²) in [6.07, 6.45) is 7.54. The Morgan fingerprint density at radius 2 is 2.00 bits per heavy atom. The molecular formula is C17H17N5O. The third-order valence-corrected chi connectivity index (χ3v) is 3.27. The zero-order chi connectivity index (χ0) is 16.2. The third-order valence-electron chi connectivity index (χ3n) is 3.27. The Labute approximate surface area is 134 Å². The summed E-state index contributed by atoms with van der Waals surface area (Å²) in [6.45, 7) is 0.517. The highest BCUT2D eigenvalue weighted by Gasteiger charge is 2.09. The molecule has 3 aromatic rings. The van der Waals surface area contributed by atoms with Gasteiger partial charge in [0.15, 0.2) is 5.65 Å². The highest BCUT2D eigenvalue weighted by atomic mass is 16.5. The normalized spacial score (nSPS) is 10.5. The minimum absolute atomic E-state index is 0.517. The van der Waals surface area contributed by atoms with Crippen LogP contribution < -0.4 is 9.64 Å². The molecule has 6 nitrogen and oxygen atoms in total. The minimum atomic E-state index is 0.517. The number of H-pyrrole nitrogens is 1. The number of fused-ring (bicyclic) bond motifs is 1. The van der Waals surface area contributed by atoms with Gasteiger partial charge in [-0.2, -0.15) is 4.98 Å². The Hall–Kier alpha value is -3.07. The van der Waals surface area contributed by atoms with Crippen LogP contribution in [0.4, 0.5) is 5.95 Å². The minimum Gasteiger partial charge on any atom is -0.493 e. The van der Waals surface area contributed by atoms with Gasteiger partial charge in [0.25, 0.3) is 0 Å². The standard InChI is InChI=1S/C17H17N5O/c1-4-5-10-23-13-8-6-12(7-9-13)15-19-14-11-18-17(22(2)3)21-16(14)20-15/h1,6-9,11H,5,10H2,2-3H3,(H,18,19,20,21). The predicted molar refractivity (Wildman–Crippen MR) is 90.4 cm³/mol. The largest absolute Gasteiger partial charge is 0.493 e. The van der Waals surface area contributed by atoms with Gasteiger partial charge >= 0.3 is 0 Å². The number of imidazole rings is 1. The molecule has 1 N–H and O–H groups in total. The van der Waals surface area contributed by atoms with Crippen LogP contribution in [0.15, 0.2) is 30.5 Å². The number of nitrogens with zero attached hydrogens (tertiary/aromatic N) is 4. The van der Waals surface area contributed by atoms with Crippen molar-refractivity contribution in [1.29, 1.82) is 0 Å². The highest BCUT2D eigenvalue weighted by Crippen LogP contribution is 2.22. The van der Waals surface area contributed by atoms with Crippen molar-refractivity contribution in [3.8, 4) is 29.5 Å². The molecule has 2 aromatic heterocycles. The third kappa shape index (κ3) is 3.24. The van der Waals surface area contributed by atoms with Crippen LogP contribution in [0.2, 0.25) is 0 Å². The maximum absolute atomic E-state index is 5.54. The molecular weight excluding hydrogens is 290 g/mol. The summed E-state index contributed by atoms with van der Waals surface area (Å²) in [7, 11) is 3.79. The fraction of sp³-hybridized carbons (Fsp3) is 0.235. The van der Waals surface area contributed by atoms with Crippen LogP contribution in [0.1, 0.15) is 6.42 Å². The lowest BCUT2D eigenvalue weighted by Gasteiger charge is -2.07. The van der Waals surface area contributed by atoms with Crippen molar-refractivity contribution in [2.45, 2.75) is 6.42 Å². The molecule has 0 saturated carbocycles. The SMILES string of the molecule is C#CCCOc1ccc(-c2nc3nc(N(C)C)ncc3[nH]2)cc1. The number of aromatic amines is 1. The monoisotopic (exact) mass is 307 g/mol. The number of rotatable bonds is 5. The summed E-state index contributed by atoms with van der Waals surface area (Å²) in [4.78, 5) is 18.3. The molecule has 6 heteroatoms. The predicted octanol–water partition coefficient (Wildman–Crippen LogP) is 2.49. The van der Waals surface area contributed by atoms with Gasteiger partial charge in [0.2, 0.25) is 5.95 Å². The molecule has 0 spiro atoms. The molecule has 0 unspecified atom stereocenters. The number of aromatic nitrogens is 4. The first-order valence-electron chi connectivity index (χ1n) is 7.24. The molecule has 0 bridgehead atoms. The number of terminal acetylenes is 1. The Bertz CT molecular complexity index is 846. The van der Waals surface area contributed by atoms with Crippen LogP contribution in [0.25, 0.3) is 22.6 Å². The molecule has 0 saturated heterocycles. The maximum Gasteiger partial charge on any atom is 0.226 e. The van der Waals surface area contributed by atoms with Crippen molar-refractivity contribution in [2.75, 3.05) is 25.6 Å². The second-order valence-electron chi connectivity index (χ2n) is 5.21. The van der Waals surface area contributed by atoms with E-state index in [0.29, 0.717) is 24.6 Å².